The summed E-state index contributed by atoms with van der Waals surface area (Å²) in [5.41, 5.74) is 0.985. The molecule has 0 spiro atoms. The van der Waals surface area contributed by atoms with Crippen molar-refractivity contribution in [2.45, 2.75) is 11.8 Å². The highest BCUT2D eigenvalue weighted by Gasteiger charge is 2.21. The first kappa shape index (κ1) is 13.6. The molecule has 0 aliphatic heterocycles. The normalized spacial score (nSPS) is 11.7. The molecule has 0 aliphatic carbocycles. The van der Waals surface area contributed by atoms with Gasteiger partial charge in [-0.05, 0) is 43.3 Å². The first-order valence-corrected chi connectivity index (χ1v) is 7.86. The molecule has 0 atom stereocenters. The molecule has 3 rings (SSSR count). The van der Waals surface area contributed by atoms with Crippen LogP contribution in [0.3, 0.4) is 0 Å². The topological polar surface area (TPSA) is 74.1 Å². The Bertz CT molecular complexity index is 870. The van der Waals surface area contributed by atoms with Crippen LogP contribution >= 0.6 is 0 Å². The zero-order valence-corrected chi connectivity index (χ0v) is 12.1. The summed E-state index contributed by atoms with van der Waals surface area (Å²) in [4.78, 5) is 0.140. The van der Waals surface area contributed by atoms with E-state index in [1.807, 2.05) is 6.92 Å². The molecule has 0 saturated carbocycles. The Balaban J connectivity index is 2.07. The summed E-state index contributed by atoms with van der Waals surface area (Å²) in [5, 5.41) is 7.62. The summed E-state index contributed by atoms with van der Waals surface area (Å²) in [7, 11) is -3.77. The fourth-order valence-corrected chi connectivity index (χ4v) is 3.23. The molecule has 0 amide bonds. The Kier molecular flexibility index (Phi) is 3.34. The lowest BCUT2D eigenvalue weighted by Gasteiger charge is -2.06. The molecule has 108 valence electrons. The van der Waals surface area contributed by atoms with Gasteiger partial charge >= 0.3 is 0 Å². The van der Waals surface area contributed by atoms with E-state index in [0.29, 0.717) is 23.4 Å². The number of fused-ring (bicyclic) bond motifs is 1. The number of rotatable bonds is 4. The summed E-state index contributed by atoms with van der Waals surface area (Å²) < 4.78 is 31.4. The lowest BCUT2D eigenvalue weighted by molar-refractivity contribution is 0.340. The minimum absolute atomic E-state index is 0.140. The maximum atomic E-state index is 12.6. The second kappa shape index (κ2) is 5.17. The van der Waals surface area contributed by atoms with Gasteiger partial charge in [0.2, 0.25) is 0 Å². The minimum atomic E-state index is -3.77. The zero-order chi connectivity index (χ0) is 14.9. The van der Waals surface area contributed by atoms with Crippen LogP contribution in [0, 0.1) is 0 Å². The molecular weight excluding hydrogens is 290 g/mol. The maximum Gasteiger partial charge on any atom is 0.284 e. The molecule has 1 heterocycles. The van der Waals surface area contributed by atoms with Gasteiger partial charge in [0, 0.05) is 0 Å². The monoisotopic (exact) mass is 303 g/mol. The van der Waals surface area contributed by atoms with Gasteiger partial charge in [-0.15, -0.1) is 9.19 Å². The second-order valence-electron chi connectivity index (χ2n) is 4.33. The van der Waals surface area contributed by atoms with Crippen molar-refractivity contribution in [3.63, 3.8) is 0 Å². The lowest BCUT2D eigenvalue weighted by atomic mass is 10.3. The molecule has 2 aromatic carbocycles. The fraction of sp³-hybridized carbons (Fsp3) is 0.143. The van der Waals surface area contributed by atoms with E-state index in [9.17, 15) is 8.42 Å². The van der Waals surface area contributed by atoms with Gasteiger partial charge in [0.15, 0.2) is 0 Å². The van der Waals surface area contributed by atoms with Crippen molar-refractivity contribution in [3.05, 3.63) is 48.5 Å². The predicted octanol–water partition coefficient (Wildman–Crippen LogP) is 2.07. The number of para-hydroxylation sites is 1. The van der Waals surface area contributed by atoms with Gasteiger partial charge in [0.05, 0.1) is 11.5 Å². The Morgan fingerprint density at radius 2 is 1.81 bits per heavy atom. The third-order valence-corrected chi connectivity index (χ3v) is 4.57. The summed E-state index contributed by atoms with van der Waals surface area (Å²) in [6.45, 7) is 2.39. The van der Waals surface area contributed by atoms with Crippen LogP contribution in [-0.4, -0.2) is 29.4 Å². The first-order valence-electron chi connectivity index (χ1n) is 6.42. The summed E-state index contributed by atoms with van der Waals surface area (Å²) in [5.74, 6) is 0.625. The van der Waals surface area contributed by atoms with Crippen LogP contribution in [0.25, 0.3) is 11.0 Å². The fourth-order valence-electron chi connectivity index (χ4n) is 2.00. The van der Waals surface area contributed by atoms with Crippen molar-refractivity contribution in [3.8, 4) is 5.75 Å². The quantitative estimate of drug-likeness (QED) is 0.737. The van der Waals surface area contributed by atoms with Crippen molar-refractivity contribution in [1.82, 2.24) is 14.4 Å². The van der Waals surface area contributed by atoms with Gasteiger partial charge in [0.1, 0.15) is 16.8 Å². The van der Waals surface area contributed by atoms with E-state index >= 15 is 0 Å². The Morgan fingerprint density at radius 1 is 1.10 bits per heavy atom. The Hall–Kier alpha value is -2.41. The van der Waals surface area contributed by atoms with E-state index in [0.717, 1.165) is 4.09 Å². The molecule has 21 heavy (non-hydrogen) atoms. The average Bonchev–Trinajstić information content (AvgIpc) is 2.93. The standard InChI is InChI=1S/C14H13N3O3S/c1-2-20-11-7-9-12(10-8-11)21(18,19)17-14-6-4-3-5-13(14)15-16-17/h3-10H,2H2,1H3. The van der Waals surface area contributed by atoms with E-state index < -0.39 is 10.0 Å². The third-order valence-electron chi connectivity index (χ3n) is 2.98. The Morgan fingerprint density at radius 3 is 2.52 bits per heavy atom. The molecule has 3 aromatic rings. The number of benzene rings is 2. The van der Waals surface area contributed by atoms with Crippen LogP contribution in [0.1, 0.15) is 6.92 Å². The van der Waals surface area contributed by atoms with E-state index in [1.165, 1.54) is 12.1 Å². The van der Waals surface area contributed by atoms with Crippen molar-refractivity contribution in [1.29, 1.82) is 0 Å². The number of aromatic nitrogens is 3. The van der Waals surface area contributed by atoms with Crippen LogP contribution in [0.4, 0.5) is 0 Å². The van der Waals surface area contributed by atoms with Gasteiger partial charge in [0.25, 0.3) is 10.0 Å². The van der Waals surface area contributed by atoms with Gasteiger partial charge in [-0.25, -0.2) is 0 Å². The van der Waals surface area contributed by atoms with Gasteiger partial charge in [-0.1, -0.05) is 17.3 Å². The van der Waals surface area contributed by atoms with Crippen molar-refractivity contribution in [2.24, 2.45) is 0 Å². The molecule has 0 N–H and O–H groups in total. The molecule has 0 fully saturated rings. The summed E-state index contributed by atoms with van der Waals surface area (Å²) >= 11 is 0. The van der Waals surface area contributed by atoms with Crippen molar-refractivity contribution >= 4 is 21.1 Å². The molecule has 7 heteroatoms. The van der Waals surface area contributed by atoms with Gasteiger partial charge in [-0.2, -0.15) is 8.42 Å². The molecule has 0 radical (unpaired) electrons. The van der Waals surface area contributed by atoms with Gasteiger partial charge < -0.3 is 4.74 Å². The Labute approximate surface area is 122 Å². The number of hydrogen-bond acceptors (Lipinski definition) is 5. The molecule has 0 unspecified atom stereocenters. The van der Waals surface area contributed by atoms with E-state index in [1.54, 1.807) is 36.4 Å². The molecular formula is C14H13N3O3S. The van der Waals surface area contributed by atoms with Crippen molar-refractivity contribution < 1.29 is 13.2 Å². The predicted molar refractivity (Wildman–Crippen MR) is 77.7 cm³/mol. The highest BCUT2D eigenvalue weighted by atomic mass is 32.2. The smallest absolute Gasteiger partial charge is 0.284 e. The summed E-state index contributed by atoms with van der Waals surface area (Å²) in [6, 6.07) is 13.1. The van der Waals surface area contributed by atoms with E-state index in [-0.39, 0.29) is 4.90 Å². The lowest BCUT2D eigenvalue weighted by Crippen LogP contribution is -2.14. The molecule has 6 nitrogen and oxygen atoms in total. The van der Waals surface area contributed by atoms with Crippen LogP contribution in [0.15, 0.2) is 53.4 Å². The van der Waals surface area contributed by atoms with E-state index in [4.69, 9.17) is 4.74 Å². The van der Waals surface area contributed by atoms with Gasteiger partial charge in [-0.3, -0.25) is 0 Å². The second-order valence-corrected chi connectivity index (χ2v) is 6.10. The third kappa shape index (κ3) is 2.36. The maximum absolute atomic E-state index is 12.6. The highest BCUT2D eigenvalue weighted by Crippen LogP contribution is 2.20. The molecule has 0 aliphatic rings. The number of hydrogen-bond donors (Lipinski definition) is 0. The largest absolute Gasteiger partial charge is 0.494 e. The van der Waals surface area contributed by atoms with Crippen molar-refractivity contribution in [2.75, 3.05) is 6.61 Å². The van der Waals surface area contributed by atoms with Crippen LogP contribution in [-0.2, 0) is 10.0 Å². The zero-order valence-electron chi connectivity index (χ0n) is 11.3. The SMILES string of the molecule is CCOc1ccc(S(=O)(=O)n2nnc3ccccc32)cc1. The first-order chi connectivity index (χ1) is 10.1. The number of nitrogens with zero attached hydrogens (tertiary/aromatic N) is 3. The van der Waals surface area contributed by atoms with E-state index in [2.05, 4.69) is 10.3 Å². The molecule has 0 saturated heterocycles. The number of ether oxygens (including phenoxy) is 1. The van der Waals surface area contributed by atoms with Crippen LogP contribution in [0.2, 0.25) is 0 Å². The average molecular weight is 303 g/mol. The van der Waals surface area contributed by atoms with Crippen LogP contribution < -0.4 is 4.74 Å². The van der Waals surface area contributed by atoms with Crippen LogP contribution in [0.5, 0.6) is 5.75 Å². The minimum Gasteiger partial charge on any atom is -0.494 e. The molecule has 1 aromatic heterocycles. The summed E-state index contributed by atoms with van der Waals surface area (Å²) in [6.07, 6.45) is 0. The molecule has 0 bridgehead atoms. The highest BCUT2D eigenvalue weighted by molar-refractivity contribution is 7.90.